The van der Waals surface area contributed by atoms with Gasteiger partial charge in [0.05, 0.1) is 17.2 Å². The molecule has 1 N–H and O–H groups in total. The van der Waals surface area contributed by atoms with Gasteiger partial charge in [0.15, 0.2) is 0 Å². The quantitative estimate of drug-likeness (QED) is 0.685. The van der Waals surface area contributed by atoms with Gasteiger partial charge in [0, 0.05) is 16.8 Å². The summed E-state index contributed by atoms with van der Waals surface area (Å²) in [5, 5.41) is 14.3. The van der Waals surface area contributed by atoms with Gasteiger partial charge in [-0.1, -0.05) is 17.7 Å². The number of nitrogens with one attached hydrogen (secondary N) is 1. The molecule has 0 radical (unpaired) electrons. The average Bonchev–Trinajstić information content (AvgIpc) is 2.37. The van der Waals surface area contributed by atoms with Crippen LogP contribution in [-0.4, -0.2) is 9.91 Å². The fourth-order valence-corrected chi connectivity index (χ4v) is 1.86. The summed E-state index contributed by atoms with van der Waals surface area (Å²) in [7, 11) is 0. The van der Waals surface area contributed by atoms with Gasteiger partial charge in [-0.3, -0.25) is 15.1 Å². The van der Waals surface area contributed by atoms with Crippen molar-refractivity contribution >= 4 is 23.0 Å². The monoisotopic (exact) mass is 277 g/mol. The molecule has 98 valence electrons. The number of rotatable bonds is 4. The molecule has 19 heavy (non-hydrogen) atoms. The fraction of sp³-hybridized carbons (Fsp3) is 0.154. The molecule has 0 bridgehead atoms. The fourth-order valence-electron chi connectivity index (χ4n) is 1.69. The second-order valence-electron chi connectivity index (χ2n) is 4.04. The molecule has 2 rings (SSSR count). The summed E-state index contributed by atoms with van der Waals surface area (Å²) in [4.78, 5) is 14.8. The molecule has 0 amide bonds. The summed E-state index contributed by atoms with van der Waals surface area (Å²) >= 11 is 5.75. The van der Waals surface area contributed by atoms with Crippen LogP contribution in [0.15, 0.2) is 36.4 Å². The SMILES string of the molecule is Cc1cccc(CNc2ccc(Cl)cc2[N+](=O)[O-])n1. The summed E-state index contributed by atoms with van der Waals surface area (Å²) in [6.07, 6.45) is 0. The van der Waals surface area contributed by atoms with E-state index in [0.29, 0.717) is 17.3 Å². The Morgan fingerprint density at radius 2 is 2.16 bits per heavy atom. The molecular formula is C13H12ClN3O2. The van der Waals surface area contributed by atoms with Gasteiger partial charge in [-0.25, -0.2) is 0 Å². The third-order valence-electron chi connectivity index (χ3n) is 2.56. The Morgan fingerprint density at radius 3 is 2.84 bits per heavy atom. The molecule has 0 aliphatic rings. The van der Waals surface area contributed by atoms with Crippen LogP contribution in [0.1, 0.15) is 11.4 Å². The van der Waals surface area contributed by atoms with Crippen LogP contribution < -0.4 is 5.32 Å². The van der Waals surface area contributed by atoms with Crippen molar-refractivity contribution in [2.75, 3.05) is 5.32 Å². The first-order valence-corrected chi connectivity index (χ1v) is 6.04. The van der Waals surface area contributed by atoms with Gasteiger partial charge >= 0.3 is 0 Å². The third kappa shape index (κ3) is 3.42. The topological polar surface area (TPSA) is 68.1 Å². The summed E-state index contributed by atoms with van der Waals surface area (Å²) in [5.74, 6) is 0. The largest absolute Gasteiger partial charge is 0.374 e. The Labute approximate surface area is 115 Å². The zero-order chi connectivity index (χ0) is 13.8. The van der Waals surface area contributed by atoms with E-state index in [1.54, 1.807) is 12.1 Å². The number of benzene rings is 1. The van der Waals surface area contributed by atoms with Crippen LogP contribution in [0.25, 0.3) is 0 Å². The van der Waals surface area contributed by atoms with E-state index >= 15 is 0 Å². The van der Waals surface area contributed by atoms with E-state index < -0.39 is 4.92 Å². The van der Waals surface area contributed by atoms with Crippen molar-refractivity contribution in [3.8, 4) is 0 Å². The van der Waals surface area contributed by atoms with Gasteiger partial charge in [0.25, 0.3) is 5.69 Å². The molecule has 0 aliphatic carbocycles. The first-order chi connectivity index (χ1) is 9.06. The van der Waals surface area contributed by atoms with Gasteiger partial charge in [-0.15, -0.1) is 0 Å². The maximum atomic E-state index is 10.9. The lowest BCUT2D eigenvalue weighted by Gasteiger charge is -2.07. The van der Waals surface area contributed by atoms with Gasteiger partial charge in [-0.2, -0.15) is 0 Å². The Morgan fingerprint density at radius 1 is 1.37 bits per heavy atom. The molecule has 0 fully saturated rings. The molecule has 0 saturated heterocycles. The number of hydrogen-bond donors (Lipinski definition) is 1. The van der Waals surface area contributed by atoms with Crippen LogP contribution in [0, 0.1) is 17.0 Å². The molecule has 0 saturated carbocycles. The highest BCUT2D eigenvalue weighted by Gasteiger charge is 2.13. The van der Waals surface area contributed by atoms with Crippen molar-refractivity contribution in [2.45, 2.75) is 13.5 Å². The second kappa shape index (κ2) is 5.67. The molecule has 0 aliphatic heterocycles. The van der Waals surface area contributed by atoms with Crippen LogP contribution in [0.3, 0.4) is 0 Å². The van der Waals surface area contributed by atoms with Crippen LogP contribution >= 0.6 is 11.6 Å². The van der Waals surface area contributed by atoms with Gasteiger partial charge in [0.1, 0.15) is 5.69 Å². The molecule has 0 spiro atoms. The Bertz CT molecular complexity index is 617. The Kier molecular flexibility index (Phi) is 3.97. The van der Waals surface area contributed by atoms with E-state index in [-0.39, 0.29) is 5.69 Å². The first kappa shape index (κ1) is 13.3. The van der Waals surface area contributed by atoms with Gasteiger partial charge in [-0.05, 0) is 31.2 Å². The smallest absolute Gasteiger partial charge is 0.293 e. The lowest BCUT2D eigenvalue weighted by atomic mass is 10.2. The molecule has 1 aromatic heterocycles. The predicted octanol–water partition coefficient (Wildman–Crippen LogP) is 3.56. The van der Waals surface area contributed by atoms with Crippen molar-refractivity contribution in [3.63, 3.8) is 0 Å². The molecule has 1 heterocycles. The number of hydrogen-bond acceptors (Lipinski definition) is 4. The number of anilines is 1. The van der Waals surface area contributed by atoms with E-state index in [0.717, 1.165) is 11.4 Å². The molecule has 0 unspecified atom stereocenters. The van der Waals surface area contributed by atoms with E-state index in [4.69, 9.17) is 11.6 Å². The third-order valence-corrected chi connectivity index (χ3v) is 2.80. The van der Waals surface area contributed by atoms with E-state index in [1.807, 2.05) is 25.1 Å². The molecule has 2 aromatic rings. The standard InChI is InChI=1S/C13H12ClN3O2/c1-9-3-2-4-11(16-9)8-15-12-6-5-10(14)7-13(12)17(18)19/h2-7,15H,8H2,1H3. The molecule has 6 heteroatoms. The summed E-state index contributed by atoms with van der Waals surface area (Å²) in [5.41, 5.74) is 2.12. The van der Waals surface area contributed by atoms with E-state index in [2.05, 4.69) is 10.3 Å². The summed E-state index contributed by atoms with van der Waals surface area (Å²) < 4.78 is 0. The number of nitro benzene ring substituents is 1. The lowest BCUT2D eigenvalue weighted by Crippen LogP contribution is -2.04. The van der Waals surface area contributed by atoms with Crippen LogP contribution in [-0.2, 0) is 6.54 Å². The summed E-state index contributed by atoms with van der Waals surface area (Å²) in [6.45, 7) is 2.32. The number of halogens is 1. The molecule has 1 aromatic carbocycles. The van der Waals surface area contributed by atoms with Crippen molar-refractivity contribution in [3.05, 3.63) is 62.9 Å². The number of aromatic nitrogens is 1. The molecule has 5 nitrogen and oxygen atoms in total. The highest BCUT2D eigenvalue weighted by atomic mass is 35.5. The normalized spacial score (nSPS) is 10.2. The first-order valence-electron chi connectivity index (χ1n) is 5.66. The van der Waals surface area contributed by atoms with Crippen molar-refractivity contribution < 1.29 is 4.92 Å². The lowest BCUT2D eigenvalue weighted by molar-refractivity contribution is -0.383. The number of nitro groups is 1. The van der Waals surface area contributed by atoms with Crippen molar-refractivity contribution in [1.82, 2.24) is 4.98 Å². The van der Waals surface area contributed by atoms with Crippen LogP contribution in [0.2, 0.25) is 5.02 Å². The Hall–Kier alpha value is -2.14. The number of aryl methyl sites for hydroxylation is 1. The maximum absolute atomic E-state index is 10.9. The van der Waals surface area contributed by atoms with Crippen LogP contribution in [0.4, 0.5) is 11.4 Å². The zero-order valence-electron chi connectivity index (χ0n) is 10.3. The minimum absolute atomic E-state index is 0.0415. The van der Waals surface area contributed by atoms with Crippen molar-refractivity contribution in [2.24, 2.45) is 0 Å². The van der Waals surface area contributed by atoms with E-state index in [1.165, 1.54) is 6.07 Å². The average molecular weight is 278 g/mol. The second-order valence-corrected chi connectivity index (χ2v) is 4.48. The highest BCUT2D eigenvalue weighted by molar-refractivity contribution is 6.30. The Balaban J connectivity index is 2.17. The number of pyridine rings is 1. The zero-order valence-corrected chi connectivity index (χ0v) is 11.0. The highest BCUT2D eigenvalue weighted by Crippen LogP contribution is 2.27. The van der Waals surface area contributed by atoms with Crippen LogP contribution in [0.5, 0.6) is 0 Å². The summed E-state index contributed by atoms with van der Waals surface area (Å²) in [6, 6.07) is 10.2. The predicted molar refractivity (Wildman–Crippen MR) is 74.4 cm³/mol. The van der Waals surface area contributed by atoms with Gasteiger partial charge < -0.3 is 5.32 Å². The molecular weight excluding hydrogens is 266 g/mol. The van der Waals surface area contributed by atoms with Gasteiger partial charge in [0.2, 0.25) is 0 Å². The minimum Gasteiger partial charge on any atom is -0.374 e. The molecule has 0 atom stereocenters. The van der Waals surface area contributed by atoms with E-state index in [9.17, 15) is 10.1 Å². The minimum atomic E-state index is -0.460. The maximum Gasteiger partial charge on any atom is 0.293 e. The van der Waals surface area contributed by atoms with Crippen molar-refractivity contribution in [1.29, 1.82) is 0 Å². The number of nitrogens with zero attached hydrogens (tertiary/aromatic N) is 2.